The Bertz CT molecular complexity index is 723. The van der Waals surface area contributed by atoms with Crippen molar-refractivity contribution >= 4 is 16.9 Å². The second kappa shape index (κ2) is 5.69. The van der Waals surface area contributed by atoms with Crippen molar-refractivity contribution in [3.63, 3.8) is 0 Å². The van der Waals surface area contributed by atoms with E-state index < -0.39 is 0 Å². The van der Waals surface area contributed by atoms with E-state index in [0.29, 0.717) is 24.1 Å². The first-order chi connectivity index (χ1) is 10.2. The predicted octanol–water partition coefficient (Wildman–Crippen LogP) is 1.75. The van der Waals surface area contributed by atoms with Crippen molar-refractivity contribution in [2.75, 3.05) is 13.1 Å². The second-order valence-electron chi connectivity index (χ2n) is 5.35. The first kappa shape index (κ1) is 13.8. The van der Waals surface area contributed by atoms with Crippen LogP contribution in [0.25, 0.3) is 11.0 Å². The number of rotatable bonds is 2. The van der Waals surface area contributed by atoms with E-state index in [-0.39, 0.29) is 23.1 Å². The van der Waals surface area contributed by atoms with E-state index in [4.69, 9.17) is 10.2 Å². The summed E-state index contributed by atoms with van der Waals surface area (Å²) in [5.41, 5.74) is 5.99. The van der Waals surface area contributed by atoms with Crippen molar-refractivity contribution in [3.8, 4) is 0 Å². The molecule has 0 saturated carbocycles. The SMILES string of the molecule is NCC1CCCCN1C(=O)c1cc(=O)c2ccccc2o1. The molecule has 1 fully saturated rings. The molecular weight excluding hydrogens is 268 g/mol. The van der Waals surface area contributed by atoms with Crippen LogP contribution >= 0.6 is 0 Å². The van der Waals surface area contributed by atoms with Gasteiger partial charge in [-0.15, -0.1) is 0 Å². The Balaban J connectivity index is 1.99. The highest BCUT2D eigenvalue weighted by Gasteiger charge is 2.28. The normalized spacial score (nSPS) is 18.9. The Labute approximate surface area is 122 Å². The lowest BCUT2D eigenvalue weighted by atomic mass is 10.0. The number of nitrogens with zero attached hydrogens (tertiary/aromatic N) is 1. The van der Waals surface area contributed by atoms with Crippen molar-refractivity contribution in [1.29, 1.82) is 0 Å². The number of para-hydroxylation sites is 1. The summed E-state index contributed by atoms with van der Waals surface area (Å²) in [5, 5.41) is 0.489. The van der Waals surface area contributed by atoms with Crippen LogP contribution in [0.4, 0.5) is 0 Å². The number of likely N-dealkylation sites (tertiary alicyclic amines) is 1. The fourth-order valence-electron chi connectivity index (χ4n) is 2.86. The molecule has 0 bridgehead atoms. The van der Waals surface area contributed by atoms with Gasteiger partial charge in [0.25, 0.3) is 5.91 Å². The summed E-state index contributed by atoms with van der Waals surface area (Å²) in [6, 6.07) is 8.26. The van der Waals surface area contributed by atoms with Gasteiger partial charge in [-0.1, -0.05) is 12.1 Å². The van der Waals surface area contributed by atoms with E-state index >= 15 is 0 Å². The Morgan fingerprint density at radius 1 is 1.33 bits per heavy atom. The van der Waals surface area contributed by atoms with Crippen LogP contribution in [0.3, 0.4) is 0 Å². The van der Waals surface area contributed by atoms with Gasteiger partial charge in [-0.05, 0) is 31.4 Å². The van der Waals surface area contributed by atoms with Crippen LogP contribution in [-0.4, -0.2) is 29.9 Å². The van der Waals surface area contributed by atoms with Gasteiger partial charge in [0.2, 0.25) is 0 Å². The number of fused-ring (bicyclic) bond motifs is 1. The standard InChI is InChI=1S/C16H18N2O3/c17-10-11-5-3-4-8-18(11)16(20)15-9-13(19)12-6-1-2-7-14(12)21-15/h1-2,6-7,9,11H,3-5,8,10,17H2. The minimum Gasteiger partial charge on any atom is -0.451 e. The molecule has 0 radical (unpaired) electrons. The van der Waals surface area contributed by atoms with Gasteiger partial charge in [0.05, 0.1) is 5.39 Å². The zero-order valence-electron chi connectivity index (χ0n) is 11.7. The van der Waals surface area contributed by atoms with Crippen molar-refractivity contribution in [2.24, 2.45) is 5.73 Å². The summed E-state index contributed by atoms with van der Waals surface area (Å²) < 4.78 is 5.62. The third-order valence-corrected chi connectivity index (χ3v) is 4.01. The Morgan fingerprint density at radius 3 is 2.95 bits per heavy atom. The molecular formula is C16H18N2O3. The Hall–Kier alpha value is -2.14. The quantitative estimate of drug-likeness (QED) is 0.912. The van der Waals surface area contributed by atoms with E-state index in [1.807, 2.05) is 0 Å². The minimum absolute atomic E-state index is 0.0306. The predicted molar refractivity (Wildman–Crippen MR) is 80.2 cm³/mol. The van der Waals surface area contributed by atoms with Gasteiger partial charge in [0.15, 0.2) is 11.2 Å². The number of carbonyl (C=O) groups is 1. The monoisotopic (exact) mass is 286 g/mol. The van der Waals surface area contributed by atoms with Crippen LogP contribution in [0, 0.1) is 0 Å². The maximum atomic E-state index is 12.6. The Morgan fingerprint density at radius 2 is 2.14 bits per heavy atom. The molecule has 21 heavy (non-hydrogen) atoms. The van der Waals surface area contributed by atoms with Gasteiger partial charge in [0.1, 0.15) is 5.58 Å². The highest BCUT2D eigenvalue weighted by Crippen LogP contribution is 2.20. The molecule has 5 heteroatoms. The maximum Gasteiger partial charge on any atom is 0.290 e. The number of benzene rings is 1. The van der Waals surface area contributed by atoms with Gasteiger partial charge in [-0.3, -0.25) is 9.59 Å². The van der Waals surface area contributed by atoms with Crippen molar-refractivity contribution in [3.05, 3.63) is 46.3 Å². The molecule has 110 valence electrons. The number of amides is 1. The zero-order valence-corrected chi connectivity index (χ0v) is 11.7. The third kappa shape index (κ3) is 2.56. The number of hydrogen-bond donors (Lipinski definition) is 1. The molecule has 2 aromatic rings. The van der Waals surface area contributed by atoms with E-state index in [1.165, 1.54) is 6.07 Å². The molecule has 1 aromatic carbocycles. The largest absolute Gasteiger partial charge is 0.451 e. The minimum atomic E-state index is -0.243. The average Bonchev–Trinajstić information content (AvgIpc) is 2.54. The van der Waals surface area contributed by atoms with Crippen molar-refractivity contribution in [2.45, 2.75) is 25.3 Å². The van der Waals surface area contributed by atoms with Crippen molar-refractivity contribution < 1.29 is 9.21 Å². The fraction of sp³-hybridized carbons (Fsp3) is 0.375. The van der Waals surface area contributed by atoms with Gasteiger partial charge in [0, 0.05) is 25.2 Å². The smallest absolute Gasteiger partial charge is 0.290 e. The molecule has 2 N–H and O–H groups in total. The summed E-state index contributed by atoms with van der Waals surface area (Å²) in [5.74, 6) is -0.146. The molecule has 3 rings (SSSR count). The van der Waals surface area contributed by atoms with Crippen molar-refractivity contribution in [1.82, 2.24) is 4.90 Å². The Kier molecular flexibility index (Phi) is 3.75. The molecule has 1 aromatic heterocycles. The van der Waals surface area contributed by atoms with E-state index in [2.05, 4.69) is 0 Å². The highest BCUT2D eigenvalue weighted by atomic mass is 16.3. The van der Waals surface area contributed by atoms with Gasteiger partial charge >= 0.3 is 0 Å². The third-order valence-electron chi connectivity index (χ3n) is 4.01. The van der Waals surface area contributed by atoms with E-state index in [9.17, 15) is 9.59 Å². The van der Waals surface area contributed by atoms with E-state index in [1.54, 1.807) is 29.2 Å². The molecule has 1 saturated heterocycles. The molecule has 1 amide bonds. The van der Waals surface area contributed by atoms with Crippen LogP contribution in [0.1, 0.15) is 29.8 Å². The fourth-order valence-corrected chi connectivity index (χ4v) is 2.86. The first-order valence-corrected chi connectivity index (χ1v) is 7.24. The van der Waals surface area contributed by atoms with Crippen LogP contribution < -0.4 is 11.2 Å². The lowest BCUT2D eigenvalue weighted by molar-refractivity contribution is 0.0591. The highest BCUT2D eigenvalue weighted by molar-refractivity contribution is 5.93. The molecule has 1 atom stereocenters. The molecule has 1 unspecified atom stereocenters. The first-order valence-electron chi connectivity index (χ1n) is 7.24. The summed E-state index contributed by atoms with van der Waals surface area (Å²) in [7, 11) is 0. The molecule has 5 nitrogen and oxygen atoms in total. The van der Waals surface area contributed by atoms with Crippen LogP contribution in [0.15, 0.2) is 39.5 Å². The van der Waals surface area contributed by atoms with E-state index in [0.717, 1.165) is 19.3 Å². The number of nitrogens with two attached hydrogens (primary N) is 1. The summed E-state index contributed by atoms with van der Waals surface area (Å²) in [4.78, 5) is 26.4. The summed E-state index contributed by atoms with van der Waals surface area (Å²) in [6.07, 6.45) is 2.94. The summed E-state index contributed by atoms with van der Waals surface area (Å²) >= 11 is 0. The maximum absolute atomic E-state index is 12.6. The van der Waals surface area contributed by atoms with Crippen LogP contribution in [0.2, 0.25) is 0 Å². The average molecular weight is 286 g/mol. The van der Waals surface area contributed by atoms with Crippen LogP contribution in [0.5, 0.6) is 0 Å². The second-order valence-corrected chi connectivity index (χ2v) is 5.35. The topological polar surface area (TPSA) is 76.5 Å². The lowest BCUT2D eigenvalue weighted by Gasteiger charge is -2.34. The number of carbonyl (C=O) groups excluding carboxylic acids is 1. The number of hydrogen-bond acceptors (Lipinski definition) is 4. The zero-order chi connectivity index (χ0) is 14.8. The van der Waals surface area contributed by atoms with Gasteiger partial charge < -0.3 is 15.1 Å². The molecule has 2 heterocycles. The van der Waals surface area contributed by atoms with Gasteiger partial charge in [-0.25, -0.2) is 0 Å². The molecule has 0 aliphatic carbocycles. The molecule has 1 aliphatic heterocycles. The molecule has 1 aliphatic rings. The molecule has 0 spiro atoms. The lowest BCUT2D eigenvalue weighted by Crippen LogP contribution is -2.47. The van der Waals surface area contributed by atoms with Gasteiger partial charge in [-0.2, -0.15) is 0 Å². The van der Waals surface area contributed by atoms with Crippen LogP contribution in [-0.2, 0) is 0 Å². The summed E-state index contributed by atoms with van der Waals surface area (Å²) in [6.45, 7) is 1.10. The number of piperidine rings is 1.